The molecular weight excluding hydrogens is 263 g/mol. The van der Waals surface area contributed by atoms with Crippen molar-refractivity contribution in [2.45, 2.75) is 26.2 Å². The van der Waals surface area contributed by atoms with E-state index in [0.717, 1.165) is 5.56 Å². The number of carbonyl (C=O) groups excluding carboxylic acids is 1. The lowest BCUT2D eigenvalue weighted by atomic mass is 10.2. The minimum absolute atomic E-state index is 0.0928. The summed E-state index contributed by atoms with van der Waals surface area (Å²) in [6.45, 7) is 1.89. The van der Waals surface area contributed by atoms with Gasteiger partial charge in [-0.15, -0.1) is 0 Å². The van der Waals surface area contributed by atoms with Gasteiger partial charge in [0.1, 0.15) is 5.15 Å². The van der Waals surface area contributed by atoms with Gasteiger partial charge in [-0.2, -0.15) is 0 Å². The topological polar surface area (TPSA) is 62.2 Å². The van der Waals surface area contributed by atoms with E-state index in [-0.39, 0.29) is 17.7 Å². The average molecular weight is 277 g/mol. The summed E-state index contributed by atoms with van der Waals surface area (Å²) in [7, 11) is 0. The number of pyridine rings is 1. The first-order chi connectivity index (χ1) is 8.04. The summed E-state index contributed by atoms with van der Waals surface area (Å²) in [4.78, 5) is 15.4. The van der Waals surface area contributed by atoms with Crippen LogP contribution in [0.15, 0.2) is 6.07 Å². The Balaban J connectivity index is 2.65. The number of hydrogen-bond acceptors (Lipinski definition) is 3. The number of unbranched alkanes of at least 4 members (excludes halogenated alkanes) is 1. The van der Waals surface area contributed by atoms with Crippen LogP contribution in [0.25, 0.3) is 0 Å². The van der Waals surface area contributed by atoms with Crippen molar-refractivity contribution in [3.05, 3.63) is 21.9 Å². The Hall–Kier alpha value is -0.840. The highest BCUT2D eigenvalue weighted by atomic mass is 35.5. The number of aliphatic hydroxyl groups excluding tert-OH is 1. The molecule has 1 rings (SSSR count). The maximum Gasteiger partial charge on any atom is 0.224 e. The normalized spacial score (nSPS) is 10.4. The predicted octanol–water partition coefficient (Wildman–Crippen LogP) is 2.80. The minimum Gasteiger partial charge on any atom is -0.396 e. The Morgan fingerprint density at radius 3 is 2.76 bits per heavy atom. The van der Waals surface area contributed by atoms with Crippen LogP contribution in [0.4, 0.5) is 5.69 Å². The number of aromatic nitrogens is 1. The second-order valence-corrected chi connectivity index (χ2v) is 4.40. The van der Waals surface area contributed by atoms with Gasteiger partial charge in [-0.05, 0) is 31.4 Å². The van der Waals surface area contributed by atoms with Crippen LogP contribution in [0.3, 0.4) is 0 Å². The largest absolute Gasteiger partial charge is 0.396 e. The first-order valence-corrected chi connectivity index (χ1v) is 6.03. The molecule has 0 aliphatic carbocycles. The fourth-order valence-corrected chi connectivity index (χ4v) is 1.92. The molecule has 6 heteroatoms. The number of nitrogens with zero attached hydrogens (tertiary/aromatic N) is 1. The lowest BCUT2D eigenvalue weighted by molar-refractivity contribution is -0.116. The third-order valence-corrected chi connectivity index (χ3v) is 2.68. The van der Waals surface area contributed by atoms with Gasteiger partial charge in [0, 0.05) is 13.0 Å². The molecule has 0 atom stereocenters. The number of amides is 1. The molecule has 1 heterocycles. The van der Waals surface area contributed by atoms with Crippen molar-refractivity contribution in [2.24, 2.45) is 0 Å². The summed E-state index contributed by atoms with van der Waals surface area (Å²) < 4.78 is 0. The first-order valence-electron chi connectivity index (χ1n) is 5.28. The molecule has 1 aromatic rings. The van der Waals surface area contributed by atoms with E-state index < -0.39 is 0 Å². The third-order valence-electron chi connectivity index (χ3n) is 2.22. The van der Waals surface area contributed by atoms with E-state index in [9.17, 15) is 4.79 Å². The molecule has 0 saturated heterocycles. The summed E-state index contributed by atoms with van der Waals surface area (Å²) >= 11 is 11.6. The quantitative estimate of drug-likeness (QED) is 0.642. The van der Waals surface area contributed by atoms with Gasteiger partial charge >= 0.3 is 0 Å². The molecule has 0 spiro atoms. The zero-order valence-electron chi connectivity index (χ0n) is 9.46. The van der Waals surface area contributed by atoms with Gasteiger partial charge in [0.25, 0.3) is 0 Å². The summed E-state index contributed by atoms with van der Waals surface area (Å²) in [6, 6.07) is 1.64. The molecule has 0 bridgehead atoms. The van der Waals surface area contributed by atoms with E-state index >= 15 is 0 Å². The SMILES string of the molecule is Cc1cc(Cl)nc(Cl)c1NC(=O)CCCCO. The van der Waals surface area contributed by atoms with E-state index in [1.807, 2.05) is 0 Å². The molecule has 1 amide bonds. The monoisotopic (exact) mass is 276 g/mol. The van der Waals surface area contributed by atoms with Gasteiger partial charge in [-0.1, -0.05) is 23.2 Å². The number of hydrogen-bond donors (Lipinski definition) is 2. The molecule has 0 aliphatic heterocycles. The van der Waals surface area contributed by atoms with Crippen LogP contribution in [-0.2, 0) is 4.79 Å². The van der Waals surface area contributed by atoms with Crippen molar-refractivity contribution in [3.63, 3.8) is 0 Å². The smallest absolute Gasteiger partial charge is 0.224 e. The van der Waals surface area contributed by atoms with Crippen LogP contribution >= 0.6 is 23.2 Å². The van der Waals surface area contributed by atoms with Crippen LogP contribution in [-0.4, -0.2) is 22.6 Å². The Morgan fingerprint density at radius 2 is 2.18 bits per heavy atom. The number of anilines is 1. The Morgan fingerprint density at radius 1 is 1.47 bits per heavy atom. The fraction of sp³-hybridized carbons (Fsp3) is 0.455. The number of halogens is 2. The standard InChI is InChI=1S/C11H14Cl2N2O2/c1-7-6-8(12)14-11(13)10(7)15-9(17)4-2-3-5-16/h6,16H,2-5H2,1H3,(H,15,17). The van der Waals surface area contributed by atoms with Crippen LogP contribution < -0.4 is 5.32 Å². The highest BCUT2D eigenvalue weighted by Gasteiger charge is 2.10. The maximum atomic E-state index is 11.6. The van der Waals surface area contributed by atoms with Crippen molar-refractivity contribution in [2.75, 3.05) is 11.9 Å². The lowest BCUT2D eigenvalue weighted by Gasteiger charge is -2.09. The second-order valence-electron chi connectivity index (χ2n) is 3.66. The molecule has 1 aromatic heterocycles. The molecule has 94 valence electrons. The molecule has 0 aliphatic rings. The van der Waals surface area contributed by atoms with Crippen molar-refractivity contribution in [1.29, 1.82) is 0 Å². The summed E-state index contributed by atoms with van der Waals surface area (Å²) in [5, 5.41) is 11.8. The molecule has 0 fully saturated rings. The minimum atomic E-state index is -0.146. The van der Waals surface area contributed by atoms with Crippen LogP contribution in [0.1, 0.15) is 24.8 Å². The Labute approximate surface area is 110 Å². The van der Waals surface area contributed by atoms with E-state index in [4.69, 9.17) is 28.3 Å². The molecule has 0 aromatic carbocycles. The fourth-order valence-electron chi connectivity index (χ4n) is 1.34. The van der Waals surface area contributed by atoms with Gasteiger partial charge < -0.3 is 10.4 Å². The lowest BCUT2D eigenvalue weighted by Crippen LogP contribution is -2.13. The molecular formula is C11H14Cl2N2O2. The predicted molar refractivity (Wildman–Crippen MR) is 68.6 cm³/mol. The molecule has 4 nitrogen and oxygen atoms in total. The van der Waals surface area contributed by atoms with Crippen molar-refractivity contribution >= 4 is 34.8 Å². The number of nitrogens with one attached hydrogen (secondary N) is 1. The average Bonchev–Trinajstić information content (AvgIpc) is 2.24. The molecule has 0 unspecified atom stereocenters. The number of carbonyl (C=O) groups is 1. The van der Waals surface area contributed by atoms with Crippen molar-refractivity contribution in [1.82, 2.24) is 4.98 Å². The molecule has 0 saturated carbocycles. The number of aryl methyl sites for hydroxylation is 1. The summed E-state index contributed by atoms with van der Waals surface area (Å²) in [5.41, 5.74) is 1.26. The first kappa shape index (κ1) is 14.2. The molecule has 17 heavy (non-hydrogen) atoms. The second kappa shape index (κ2) is 6.79. The van der Waals surface area contributed by atoms with Crippen LogP contribution in [0.2, 0.25) is 10.3 Å². The van der Waals surface area contributed by atoms with Gasteiger partial charge in [-0.3, -0.25) is 4.79 Å². The van der Waals surface area contributed by atoms with E-state index in [1.165, 1.54) is 0 Å². The highest BCUT2D eigenvalue weighted by molar-refractivity contribution is 6.34. The summed E-state index contributed by atoms with van der Waals surface area (Å²) in [5.74, 6) is -0.146. The zero-order chi connectivity index (χ0) is 12.8. The summed E-state index contributed by atoms with van der Waals surface area (Å²) in [6.07, 6.45) is 1.60. The third kappa shape index (κ3) is 4.50. The maximum absolute atomic E-state index is 11.6. The van der Waals surface area contributed by atoms with Crippen molar-refractivity contribution in [3.8, 4) is 0 Å². The number of rotatable bonds is 5. The van der Waals surface area contributed by atoms with Crippen LogP contribution in [0, 0.1) is 6.92 Å². The Bertz CT molecular complexity index is 387. The molecule has 0 radical (unpaired) electrons. The van der Waals surface area contributed by atoms with E-state index in [2.05, 4.69) is 10.3 Å². The Kier molecular flexibility index (Phi) is 5.68. The van der Waals surface area contributed by atoms with Gasteiger partial charge in [0.05, 0.1) is 5.69 Å². The van der Waals surface area contributed by atoms with Gasteiger partial charge in [0.2, 0.25) is 5.91 Å². The van der Waals surface area contributed by atoms with Crippen LogP contribution in [0.5, 0.6) is 0 Å². The van der Waals surface area contributed by atoms with E-state index in [0.29, 0.717) is 30.1 Å². The van der Waals surface area contributed by atoms with Gasteiger partial charge in [-0.25, -0.2) is 4.98 Å². The highest BCUT2D eigenvalue weighted by Crippen LogP contribution is 2.26. The van der Waals surface area contributed by atoms with Gasteiger partial charge in [0.15, 0.2) is 5.15 Å². The van der Waals surface area contributed by atoms with E-state index in [1.54, 1.807) is 13.0 Å². The zero-order valence-corrected chi connectivity index (χ0v) is 11.0. The molecule has 2 N–H and O–H groups in total. The van der Waals surface area contributed by atoms with Crippen molar-refractivity contribution < 1.29 is 9.90 Å². The number of aliphatic hydroxyl groups is 1.